The minimum absolute atomic E-state index is 0.0898. The van der Waals surface area contributed by atoms with Gasteiger partial charge in [0.25, 0.3) is 0 Å². The van der Waals surface area contributed by atoms with Crippen molar-refractivity contribution >= 4 is 38.9 Å². The molecule has 0 fully saturated rings. The van der Waals surface area contributed by atoms with Crippen LogP contribution in [0.25, 0.3) is 120 Å². The molecule has 9 nitrogen and oxygen atoms in total. The molecule has 78 heavy (non-hydrogen) atoms. The second-order valence-electron chi connectivity index (χ2n) is 18.3. The Morgan fingerprint density at radius 2 is 0.974 bits per heavy atom. The van der Waals surface area contributed by atoms with Gasteiger partial charge in [-0.25, -0.2) is 24.5 Å². The van der Waals surface area contributed by atoms with Crippen molar-refractivity contribution in [3.05, 3.63) is 250 Å². The summed E-state index contributed by atoms with van der Waals surface area (Å²) in [6, 6.07) is 61.3. The molecule has 0 aliphatic heterocycles. The summed E-state index contributed by atoms with van der Waals surface area (Å²) in [5, 5.41) is 32.0. The van der Waals surface area contributed by atoms with Crippen LogP contribution in [0.15, 0.2) is 188 Å². The monoisotopic (exact) mass is 1010 g/mol. The number of nitrogens with zero attached hydrogens (tertiary/aromatic N) is 9. The molecule has 0 saturated carbocycles. The summed E-state index contributed by atoms with van der Waals surface area (Å²) in [5.41, 5.74) is 10.2. The van der Waals surface area contributed by atoms with Gasteiger partial charge in [-0.1, -0.05) is 121 Å². The van der Waals surface area contributed by atoms with E-state index in [1.54, 1.807) is 12.1 Å². The second kappa shape index (κ2) is 19.8. The molecule has 0 bridgehead atoms. The zero-order valence-electron chi connectivity index (χ0n) is 41.1. The normalized spacial score (nSPS) is 11.0. The molecule has 0 aliphatic rings. The van der Waals surface area contributed by atoms with Gasteiger partial charge in [0, 0.05) is 60.8 Å². The van der Waals surface area contributed by atoms with E-state index in [1.165, 1.54) is 36.4 Å². The standard InChI is InChI=1S/C66H34F3N9/c1-39-15-17-41(18-16-39)52-32-47(57-35-56(43-11-7-5-8-12-43)76-65(77-57)44-13-9-6-10-14-44)33-53(42-19-23-50(24-20-42)66(67,68)69)64(52)78-60-25-21-45(62-48(37-71)27-40(36-70)28-58(62)74-3)30-54(60)55-31-46(22-26-61(55)78)63-49(38-72)29-51(73-2)34-59(63)75-4/h5-35H,1H3. The Labute approximate surface area is 446 Å². The summed E-state index contributed by atoms with van der Waals surface area (Å²) in [6.07, 6.45) is -4.62. The van der Waals surface area contributed by atoms with Crippen molar-refractivity contribution in [1.29, 1.82) is 15.8 Å². The van der Waals surface area contributed by atoms with E-state index in [0.717, 1.165) is 34.4 Å². The number of aromatic nitrogens is 3. The van der Waals surface area contributed by atoms with Crippen LogP contribution in [-0.2, 0) is 6.18 Å². The molecule has 9 aromatic carbocycles. The lowest BCUT2D eigenvalue weighted by molar-refractivity contribution is -0.137. The number of aryl methyl sites for hydroxylation is 1. The molecule has 0 aliphatic carbocycles. The van der Waals surface area contributed by atoms with E-state index in [-0.39, 0.29) is 33.8 Å². The van der Waals surface area contributed by atoms with Gasteiger partial charge in [-0.3, -0.25) is 0 Å². The fourth-order valence-electron chi connectivity index (χ4n) is 10.0. The Balaban J connectivity index is 1.29. The number of fused-ring (bicyclic) bond motifs is 3. The molecule has 11 rings (SSSR count). The third-order valence-electron chi connectivity index (χ3n) is 13.6. The molecule has 364 valence electrons. The lowest BCUT2D eigenvalue weighted by Crippen LogP contribution is -2.05. The zero-order valence-corrected chi connectivity index (χ0v) is 41.1. The Hall–Kier alpha value is -11.4. The molecule has 0 amide bonds. The summed E-state index contributed by atoms with van der Waals surface area (Å²) < 4.78 is 45.2. The third kappa shape index (κ3) is 8.77. The van der Waals surface area contributed by atoms with Gasteiger partial charge < -0.3 is 4.57 Å². The van der Waals surface area contributed by atoms with Crippen LogP contribution in [0.3, 0.4) is 0 Å². The SMILES string of the molecule is [C-]#[N+]c1cc(C#N)c(-c2ccc3c(c2)c2cc(-c4c(C#N)cc(C#N)cc4[N+]#[C-])ccc2n3-c2c(-c3ccc(C)cc3)cc(-c3cc(-c4ccccc4)nc(-c4ccccc4)n3)cc2-c2ccc(C(F)(F)F)cc2)c([N+]#[C-])c1. The lowest BCUT2D eigenvalue weighted by atomic mass is 9.91. The predicted molar refractivity (Wildman–Crippen MR) is 297 cm³/mol. The number of benzene rings is 9. The summed E-state index contributed by atoms with van der Waals surface area (Å²) in [7, 11) is 0. The molecule has 0 N–H and O–H groups in total. The van der Waals surface area contributed by atoms with E-state index in [2.05, 4.69) is 26.7 Å². The molecule has 0 spiro atoms. The Morgan fingerprint density at radius 1 is 0.474 bits per heavy atom. The lowest BCUT2D eigenvalue weighted by Gasteiger charge is -2.22. The number of nitriles is 3. The quantitative estimate of drug-likeness (QED) is 0.141. The van der Waals surface area contributed by atoms with Crippen LogP contribution < -0.4 is 0 Å². The van der Waals surface area contributed by atoms with Crippen LogP contribution >= 0.6 is 0 Å². The van der Waals surface area contributed by atoms with Crippen molar-refractivity contribution in [3.8, 4) is 102 Å². The van der Waals surface area contributed by atoms with E-state index in [0.29, 0.717) is 89.2 Å². The van der Waals surface area contributed by atoms with Crippen molar-refractivity contribution < 1.29 is 13.2 Å². The van der Waals surface area contributed by atoms with E-state index in [1.807, 2.05) is 145 Å². The highest BCUT2D eigenvalue weighted by molar-refractivity contribution is 6.14. The van der Waals surface area contributed by atoms with Gasteiger partial charge in [0.2, 0.25) is 0 Å². The van der Waals surface area contributed by atoms with Gasteiger partial charge in [-0.15, -0.1) is 0 Å². The van der Waals surface area contributed by atoms with Crippen LogP contribution in [-0.4, -0.2) is 14.5 Å². The van der Waals surface area contributed by atoms with Gasteiger partial charge in [-0.05, 0) is 102 Å². The van der Waals surface area contributed by atoms with E-state index < -0.39 is 11.7 Å². The number of alkyl halides is 3. The molecule has 2 heterocycles. The first-order chi connectivity index (χ1) is 37.9. The molecule has 12 heteroatoms. The smallest absolute Gasteiger partial charge is 0.308 e. The molecule has 2 aromatic heterocycles. The largest absolute Gasteiger partial charge is 0.416 e. The van der Waals surface area contributed by atoms with Crippen LogP contribution in [0.1, 0.15) is 27.8 Å². The maximum absolute atomic E-state index is 14.4. The maximum Gasteiger partial charge on any atom is 0.416 e. The number of hydrogen-bond acceptors (Lipinski definition) is 5. The minimum atomic E-state index is -4.62. The van der Waals surface area contributed by atoms with Crippen molar-refractivity contribution in [2.75, 3.05) is 0 Å². The maximum atomic E-state index is 14.4. The highest BCUT2D eigenvalue weighted by Gasteiger charge is 2.31. The highest BCUT2D eigenvalue weighted by Crippen LogP contribution is 2.48. The zero-order chi connectivity index (χ0) is 54.2. The van der Waals surface area contributed by atoms with Crippen LogP contribution in [0, 0.1) is 60.6 Å². The van der Waals surface area contributed by atoms with E-state index in [4.69, 9.17) is 29.7 Å². The summed E-state index contributed by atoms with van der Waals surface area (Å²) in [6.45, 7) is 25.9. The van der Waals surface area contributed by atoms with E-state index in [9.17, 15) is 29.0 Å². The minimum Gasteiger partial charge on any atom is -0.308 e. The van der Waals surface area contributed by atoms with Crippen molar-refractivity contribution in [3.63, 3.8) is 0 Å². The number of hydrogen-bond donors (Lipinski definition) is 0. The average molecular weight is 1010 g/mol. The van der Waals surface area contributed by atoms with Crippen molar-refractivity contribution in [2.45, 2.75) is 13.1 Å². The highest BCUT2D eigenvalue weighted by atomic mass is 19.4. The predicted octanol–water partition coefficient (Wildman–Crippen LogP) is 17.8. The molecule has 0 saturated heterocycles. The Morgan fingerprint density at radius 3 is 1.49 bits per heavy atom. The third-order valence-corrected chi connectivity index (χ3v) is 13.6. The summed E-state index contributed by atoms with van der Waals surface area (Å²) in [5.74, 6) is 0.464. The van der Waals surface area contributed by atoms with Gasteiger partial charge in [0.05, 0.1) is 77.2 Å². The number of halogens is 3. The van der Waals surface area contributed by atoms with Crippen molar-refractivity contribution in [2.24, 2.45) is 0 Å². The second-order valence-corrected chi connectivity index (χ2v) is 18.3. The first-order valence-corrected chi connectivity index (χ1v) is 24.1. The average Bonchev–Trinajstić information content (AvgIpc) is 4.04. The number of rotatable bonds is 8. The van der Waals surface area contributed by atoms with Gasteiger partial charge in [0.1, 0.15) is 0 Å². The first-order valence-electron chi connectivity index (χ1n) is 24.1. The molecule has 0 radical (unpaired) electrons. The van der Waals surface area contributed by atoms with Crippen LogP contribution in [0.5, 0.6) is 0 Å². The van der Waals surface area contributed by atoms with Crippen molar-refractivity contribution in [1.82, 2.24) is 14.5 Å². The van der Waals surface area contributed by atoms with Gasteiger partial charge in [-0.2, -0.15) is 29.0 Å². The summed E-state index contributed by atoms with van der Waals surface area (Å²) in [4.78, 5) is 21.2. The van der Waals surface area contributed by atoms with E-state index >= 15 is 0 Å². The summed E-state index contributed by atoms with van der Waals surface area (Å²) >= 11 is 0. The molecule has 0 atom stereocenters. The van der Waals surface area contributed by atoms with Crippen LogP contribution in [0.4, 0.5) is 30.2 Å². The van der Waals surface area contributed by atoms with Gasteiger partial charge >= 0.3 is 6.18 Å². The fourth-order valence-corrected chi connectivity index (χ4v) is 10.0. The molecule has 11 aromatic rings. The topological polar surface area (TPSA) is 115 Å². The van der Waals surface area contributed by atoms with Crippen LogP contribution in [0.2, 0.25) is 0 Å². The Bertz CT molecular complexity index is 4260. The molecule has 0 unspecified atom stereocenters. The fraction of sp³-hybridized carbons (Fsp3) is 0.0303. The van der Waals surface area contributed by atoms with Gasteiger partial charge in [0.15, 0.2) is 22.9 Å². The first kappa shape index (κ1) is 48.8. The Kier molecular flexibility index (Phi) is 12.4. The molecular weight excluding hydrogens is 976 g/mol. The molecular formula is C66H34F3N9.